The van der Waals surface area contributed by atoms with Gasteiger partial charge in [0.05, 0.1) is 16.7 Å². The molecule has 3 nitrogen and oxygen atoms in total. The molecule has 2 aliphatic heterocycles. The molecule has 5 aromatic carbocycles. The number of hydrogen-bond acceptors (Lipinski definition) is 1. The van der Waals surface area contributed by atoms with Gasteiger partial charge in [-0.3, -0.25) is 4.98 Å². The van der Waals surface area contributed by atoms with Gasteiger partial charge in [-0.15, -0.1) is 0 Å². The molecule has 0 aliphatic carbocycles. The molecule has 0 amide bonds. The molecular formula is C51H52BN3. The topological polar surface area (TPSA) is 22.8 Å². The molecule has 0 spiro atoms. The van der Waals surface area contributed by atoms with E-state index in [-0.39, 0.29) is 28.4 Å². The molecular weight excluding hydrogens is 665 g/mol. The van der Waals surface area contributed by atoms with Crippen molar-refractivity contribution in [3.8, 4) is 22.6 Å². The lowest BCUT2D eigenvalue weighted by Gasteiger charge is -2.35. The SMILES string of the molecule is CC(C)(C)c1ccc2c(c1)c1cc(C(C)(C)C)cc3c1n2-c1cc(-c2ccccn2)cc2c1B3c1cc(C(C)(C)C)cc3c4cc(C(C)(C)C)ccc4n-2c13. The Hall–Kier alpha value is -5.09. The van der Waals surface area contributed by atoms with Crippen LogP contribution in [0.2, 0.25) is 0 Å². The van der Waals surface area contributed by atoms with Gasteiger partial charge in [0.15, 0.2) is 0 Å². The average Bonchev–Trinajstić information content (AvgIpc) is 3.63. The summed E-state index contributed by atoms with van der Waals surface area (Å²) in [4.78, 5) is 4.93. The first-order chi connectivity index (χ1) is 25.8. The fourth-order valence-electron chi connectivity index (χ4n) is 9.55. The predicted molar refractivity (Wildman–Crippen MR) is 238 cm³/mol. The van der Waals surface area contributed by atoms with Crippen LogP contribution in [0.1, 0.15) is 105 Å². The highest BCUT2D eigenvalue weighted by Crippen LogP contribution is 2.44. The third kappa shape index (κ3) is 4.85. The molecule has 0 radical (unpaired) electrons. The number of pyridine rings is 1. The fraction of sp³-hybridized carbons (Fsp3) is 0.314. The molecule has 274 valence electrons. The molecule has 3 aromatic heterocycles. The molecule has 0 N–H and O–H groups in total. The maximum atomic E-state index is 4.93. The molecule has 8 aromatic rings. The molecule has 0 fully saturated rings. The van der Waals surface area contributed by atoms with Gasteiger partial charge < -0.3 is 9.13 Å². The van der Waals surface area contributed by atoms with Crippen molar-refractivity contribution >= 4 is 66.7 Å². The molecule has 0 atom stereocenters. The first kappa shape index (κ1) is 34.4. The Morgan fingerprint density at radius 3 is 1.29 bits per heavy atom. The van der Waals surface area contributed by atoms with Crippen LogP contribution >= 0.6 is 0 Å². The summed E-state index contributed by atoms with van der Waals surface area (Å²) in [5.74, 6) is 0. The van der Waals surface area contributed by atoms with Crippen molar-refractivity contribution in [2.45, 2.75) is 105 Å². The second kappa shape index (κ2) is 10.8. The first-order valence-corrected chi connectivity index (χ1v) is 20.2. The van der Waals surface area contributed by atoms with Gasteiger partial charge in [-0.1, -0.05) is 113 Å². The van der Waals surface area contributed by atoms with Crippen molar-refractivity contribution in [2.24, 2.45) is 0 Å². The van der Waals surface area contributed by atoms with E-state index in [0.29, 0.717) is 0 Å². The normalized spacial score (nSPS) is 14.1. The van der Waals surface area contributed by atoms with E-state index in [0.717, 1.165) is 11.3 Å². The van der Waals surface area contributed by atoms with Gasteiger partial charge in [0.1, 0.15) is 0 Å². The van der Waals surface area contributed by atoms with E-state index in [4.69, 9.17) is 4.98 Å². The first-order valence-electron chi connectivity index (χ1n) is 20.2. The Morgan fingerprint density at radius 1 is 0.455 bits per heavy atom. The van der Waals surface area contributed by atoms with Crippen LogP contribution in [0.4, 0.5) is 0 Å². The second-order valence-electron chi connectivity index (χ2n) is 20.6. The Morgan fingerprint density at radius 2 is 0.891 bits per heavy atom. The summed E-state index contributed by atoms with van der Waals surface area (Å²) in [6.45, 7) is 28.2. The quantitative estimate of drug-likeness (QED) is 0.155. The highest BCUT2D eigenvalue weighted by Gasteiger charge is 2.43. The lowest BCUT2D eigenvalue weighted by Crippen LogP contribution is -2.59. The maximum Gasteiger partial charge on any atom is 0.252 e. The van der Waals surface area contributed by atoms with Gasteiger partial charge >= 0.3 is 0 Å². The van der Waals surface area contributed by atoms with E-state index in [1.165, 1.54) is 93.6 Å². The van der Waals surface area contributed by atoms with E-state index >= 15 is 0 Å². The van der Waals surface area contributed by atoms with Crippen molar-refractivity contribution in [2.75, 3.05) is 0 Å². The summed E-state index contributed by atoms with van der Waals surface area (Å²) in [6, 6.07) is 35.8. The molecule has 0 saturated heterocycles. The largest absolute Gasteiger partial charge is 0.310 e. The number of fused-ring (bicyclic) bond motifs is 10. The molecule has 55 heavy (non-hydrogen) atoms. The predicted octanol–water partition coefficient (Wildman–Crippen LogP) is 11.3. The van der Waals surface area contributed by atoms with Crippen LogP contribution in [0, 0.1) is 0 Å². The third-order valence-corrected chi connectivity index (χ3v) is 12.7. The van der Waals surface area contributed by atoms with Gasteiger partial charge in [0, 0.05) is 55.7 Å². The van der Waals surface area contributed by atoms with Crippen LogP contribution in [-0.4, -0.2) is 20.8 Å². The highest BCUT2D eigenvalue weighted by molar-refractivity contribution is 7.00. The smallest absolute Gasteiger partial charge is 0.252 e. The standard InChI is InChI=1S/C51H52BN3/c1-48(2,3)30-16-18-41-34(23-30)36-25-32(50(7,8)9)27-38-46(36)54(41)43-21-29(40-15-13-14-20-53-40)22-44-45(43)52(38)39-28-33(51(10,11)12)26-37-35-24-31(49(4,5)6)17-19-42(35)55(44)47(37)39/h13-28H,1-12H3. The summed E-state index contributed by atoms with van der Waals surface area (Å²) in [5, 5.41) is 5.36. The van der Waals surface area contributed by atoms with Crippen LogP contribution in [0.5, 0.6) is 0 Å². The second-order valence-corrected chi connectivity index (χ2v) is 20.6. The zero-order valence-electron chi connectivity index (χ0n) is 34.7. The minimum atomic E-state index is -0.0256. The molecule has 2 aliphatic rings. The minimum absolute atomic E-state index is 0.0256. The molecule has 0 unspecified atom stereocenters. The molecule has 5 heterocycles. The summed E-state index contributed by atoms with van der Waals surface area (Å²) >= 11 is 0. The average molecular weight is 718 g/mol. The zero-order valence-corrected chi connectivity index (χ0v) is 34.7. The number of hydrogen-bond donors (Lipinski definition) is 0. The van der Waals surface area contributed by atoms with Crippen molar-refractivity contribution in [1.82, 2.24) is 14.1 Å². The number of aromatic nitrogens is 3. The van der Waals surface area contributed by atoms with Gasteiger partial charge in [-0.05, 0) is 121 Å². The maximum absolute atomic E-state index is 4.93. The number of rotatable bonds is 1. The van der Waals surface area contributed by atoms with E-state index in [9.17, 15) is 0 Å². The Bertz CT molecular complexity index is 2770. The van der Waals surface area contributed by atoms with Crippen molar-refractivity contribution < 1.29 is 0 Å². The summed E-state index contributed by atoms with van der Waals surface area (Å²) in [5.41, 5.74) is 19.6. The summed E-state index contributed by atoms with van der Waals surface area (Å²) in [6.07, 6.45) is 1.92. The third-order valence-electron chi connectivity index (χ3n) is 12.7. The van der Waals surface area contributed by atoms with Gasteiger partial charge in [-0.2, -0.15) is 0 Å². The lowest BCUT2D eigenvalue weighted by atomic mass is 9.34. The van der Waals surface area contributed by atoms with Gasteiger partial charge in [-0.25, -0.2) is 0 Å². The molecule has 10 rings (SSSR count). The van der Waals surface area contributed by atoms with E-state index in [1.54, 1.807) is 0 Å². The van der Waals surface area contributed by atoms with Crippen LogP contribution in [-0.2, 0) is 21.7 Å². The van der Waals surface area contributed by atoms with Crippen molar-refractivity contribution in [1.29, 1.82) is 0 Å². The number of benzene rings is 5. The van der Waals surface area contributed by atoms with Crippen LogP contribution in [0.15, 0.2) is 97.2 Å². The van der Waals surface area contributed by atoms with E-state index in [1.807, 2.05) is 12.3 Å². The van der Waals surface area contributed by atoms with Gasteiger partial charge in [0.2, 0.25) is 0 Å². The molecule has 0 saturated carbocycles. The number of nitrogens with zero attached hydrogens (tertiary/aromatic N) is 3. The van der Waals surface area contributed by atoms with Crippen LogP contribution in [0.25, 0.3) is 66.2 Å². The molecule has 0 bridgehead atoms. The molecule has 4 heteroatoms. The Labute approximate surface area is 326 Å². The van der Waals surface area contributed by atoms with Gasteiger partial charge in [0.25, 0.3) is 6.71 Å². The van der Waals surface area contributed by atoms with E-state index < -0.39 is 0 Å². The summed E-state index contributed by atoms with van der Waals surface area (Å²) < 4.78 is 5.22. The summed E-state index contributed by atoms with van der Waals surface area (Å²) in [7, 11) is 0. The monoisotopic (exact) mass is 717 g/mol. The zero-order chi connectivity index (χ0) is 38.7. The highest BCUT2D eigenvalue weighted by atomic mass is 15.0. The van der Waals surface area contributed by atoms with Crippen molar-refractivity contribution in [3.63, 3.8) is 0 Å². The Balaban J connectivity index is 1.45. The fourth-order valence-corrected chi connectivity index (χ4v) is 9.55. The lowest BCUT2D eigenvalue weighted by molar-refractivity contribution is 0.590. The van der Waals surface area contributed by atoms with E-state index in [2.05, 4.69) is 177 Å². The minimum Gasteiger partial charge on any atom is -0.310 e. The van der Waals surface area contributed by atoms with Crippen LogP contribution < -0.4 is 16.4 Å². The van der Waals surface area contributed by atoms with Crippen LogP contribution in [0.3, 0.4) is 0 Å². The van der Waals surface area contributed by atoms with Crippen molar-refractivity contribution in [3.05, 3.63) is 119 Å². The Kier molecular flexibility index (Phi) is 6.76.